The molecule has 1 rings (SSSR count). The van der Waals surface area contributed by atoms with Gasteiger partial charge in [0.25, 0.3) is 0 Å². The number of rotatable bonds is 2. The Kier molecular flexibility index (Phi) is 3.11. The van der Waals surface area contributed by atoms with Crippen LogP contribution in [-0.2, 0) is 0 Å². The molecule has 0 aromatic rings. The Morgan fingerprint density at radius 2 is 2.31 bits per heavy atom. The molecule has 76 valence electrons. The molecule has 0 radical (unpaired) electrons. The third kappa shape index (κ3) is 2.30. The SMILES string of the molecule is C=C(C)[C@@H]1CC[C@](C)(O)[C@@H](N[O-])C1. The molecule has 0 aromatic heterocycles. The molecule has 0 amide bonds. The Morgan fingerprint density at radius 1 is 1.69 bits per heavy atom. The van der Waals surface area contributed by atoms with E-state index in [9.17, 15) is 10.3 Å². The lowest BCUT2D eigenvalue weighted by atomic mass is 9.74. The van der Waals surface area contributed by atoms with Gasteiger partial charge in [-0.2, -0.15) is 0 Å². The normalized spacial score (nSPS) is 40.3. The van der Waals surface area contributed by atoms with Gasteiger partial charge in [0.15, 0.2) is 0 Å². The van der Waals surface area contributed by atoms with E-state index >= 15 is 0 Å². The van der Waals surface area contributed by atoms with Crippen LogP contribution in [0.3, 0.4) is 0 Å². The topological polar surface area (TPSA) is 55.3 Å². The minimum Gasteiger partial charge on any atom is -0.787 e. The molecule has 0 bridgehead atoms. The van der Waals surface area contributed by atoms with Crippen molar-refractivity contribution in [2.75, 3.05) is 0 Å². The van der Waals surface area contributed by atoms with Crippen molar-refractivity contribution in [3.8, 4) is 0 Å². The Bertz CT molecular complexity index is 201. The average Bonchev–Trinajstić information content (AvgIpc) is 2.03. The van der Waals surface area contributed by atoms with Gasteiger partial charge >= 0.3 is 0 Å². The summed E-state index contributed by atoms with van der Waals surface area (Å²) in [5, 5.41) is 20.5. The fourth-order valence-electron chi connectivity index (χ4n) is 1.92. The Labute approximate surface area is 79.4 Å². The van der Waals surface area contributed by atoms with Crippen molar-refractivity contribution in [2.45, 2.75) is 44.8 Å². The van der Waals surface area contributed by atoms with E-state index in [1.807, 2.05) is 12.4 Å². The van der Waals surface area contributed by atoms with Crippen molar-refractivity contribution in [2.24, 2.45) is 5.92 Å². The fraction of sp³-hybridized carbons (Fsp3) is 0.800. The maximum atomic E-state index is 10.6. The first-order valence-corrected chi connectivity index (χ1v) is 4.73. The zero-order valence-electron chi connectivity index (χ0n) is 8.34. The zero-order valence-corrected chi connectivity index (χ0v) is 8.34. The minimum absolute atomic E-state index is 0.344. The molecular weight excluding hydrogens is 166 g/mol. The molecule has 1 aliphatic carbocycles. The number of allylic oxidation sites excluding steroid dienone is 1. The number of aliphatic hydroxyl groups is 1. The van der Waals surface area contributed by atoms with Crippen molar-refractivity contribution in [3.05, 3.63) is 17.4 Å². The smallest absolute Gasteiger partial charge is 0.0763 e. The summed E-state index contributed by atoms with van der Waals surface area (Å²) in [5.41, 5.74) is 2.19. The Morgan fingerprint density at radius 3 is 2.77 bits per heavy atom. The lowest BCUT2D eigenvalue weighted by molar-refractivity contribution is -0.0153. The van der Waals surface area contributed by atoms with Crippen molar-refractivity contribution in [1.29, 1.82) is 0 Å². The molecular formula is C10H18NO2-. The maximum absolute atomic E-state index is 10.6. The van der Waals surface area contributed by atoms with Crippen LogP contribution in [-0.4, -0.2) is 16.7 Å². The third-order valence-electron chi connectivity index (χ3n) is 3.11. The van der Waals surface area contributed by atoms with Crippen LogP contribution in [0.15, 0.2) is 12.2 Å². The second-order valence-corrected chi connectivity index (χ2v) is 4.35. The number of hydroxylamine groups is 1. The van der Waals surface area contributed by atoms with E-state index in [1.54, 1.807) is 6.92 Å². The van der Waals surface area contributed by atoms with E-state index < -0.39 is 5.60 Å². The molecule has 3 atom stereocenters. The van der Waals surface area contributed by atoms with E-state index in [0.29, 0.717) is 18.8 Å². The summed E-state index contributed by atoms with van der Waals surface area (Å²) in [6.45, 7) is 7.58. The second-order valence-electron chi connectivity index (χ2n) is 4.35. The van der Waals surface area contributed by atoms with Gasteiger partial charge in [0.05, 0.1) is 5.60 Å². The van der Waals surface area contributed by atoms with E-state index in [0.717, 1.165) is 12.0 Å². The van der Waals surface area contributed by atoms with Crippen molar-refractivity contribution in [3.63, 3.8) is 0 Å². The van der Waals surface area contributed by atoms with Crippen LogP contribution >= 0.6 is 0 Å². The van der Waals surface area contributed by atoms with E-state index in [2.05, 4.69) is 6.58 Å². The van der Waals surface area contributed by atoms with Crippen LogP contribution in [0.2, 0.25) is 0 Å². The van der Waals surface area contributed by atoms with E-state index in [1.165, 1.54) is 0 Å². The first-order chi connectivity index (χ1) is 5.97. The van der Waals surface area contributed by atoms with Crippen LogP contribution in [0.5, 0.6) is 0 Å². The molecule has 0 spiro atoms. The molecule has 0 saturated heterocycles. The van der Waals surface area contributed by atoms with Gasteiger partial charge in [-0.05, 0) is 39.0 Å². The molecule has 1 aliphatic rings. The highest BCUT2D eigenvalue weighted by Crippen LogP contribution is 2.34. The zero-order chi connectivity index (χ0) is 10.1. The summed E-state index contributed by atoms with van der Waals surface area (Å²) < 4.78 is 0. The largest absolute Gasteiger partial charge is 0.787 e. The highest BCUT2D eigenvalue weighted by Gasteiger charge is 2.36. The summed E-state index contributed by atoms with van der Waals surface area (Å²) in [7, 11) is 0. The Balaban J connectivity index is 2.63. The predicted molar refractivity (Wildman–Crippen MR) is 53.1 cm³/mol. The molecule has 0 heterocycles. The van der Waals surface area contributed by atoms with Gasteiger partial charge in [-0.1, -0.05) is 12.2 Å². The van der Waals surface area contributed by atoms with Gasteiger partial charge < -0.3 is 15.8 Å². The minimum atomic E-state index is -0.853. The summed E-state index contributed by atoms with van der Waals surface area (Å²) in [4.78, 5) is 0. The third-order valence-corrected chi connectivity index (χ3v) is 3.11. The highest BCUT2D eigenvalue weighted by atomic mass is 16.5. The van der Waals surface area contributed by atoms with E-state index in [-0.39, 0.29) is 6.04 Å². The lowest BCUT2D eigenvalue weighted by Crippen LogP contribution is -2.51. The van der Waals surface area contributed by atoms with Gasteiger partial charge in [-0.15, -0.1) is 0 Å². The van der Waals surface area contributed by atoms with Crippen molar-refractivity contribution >= 4 is 0 Å². The summed E-state index contributed by atoms with van der Waals surface area (Å²) in [6.07, 6.45) is 2.30. The first kappa shape index (κ1) is 10.7. The van der Waals surface area contributed by atoms with Gasteiger partial charge in [0.1, 0.15) is 0 Å². The quantitative estimate of drug-likeness (QED) is 0.506. The van der Waals surface area contributed by atoms with Gasteiger partial charge in [0.2, 0.25) is 0 Å². The average molecular weight is 184 g/mol. The van der Waals surface area contributed by atoms with Crippen molar-refractivity contribution < 1.29 is 5.11 Å². The number of hydrogen-bond donors (Lipinski definition) is 2. The Hall–Kier alpha value is -0.380. The molecule has 1 fully saturated rings. The van der Waals surface area contributed by atoms with Gasteiger partial charge in [-0.3, -0.25) is 0 Å². The highest BCUT2D eigenvalue weighted by molar-refractivity contribution is 5.04. The van der Waals surface area contributed by atoms with Crippen LogP contribution < -0.4 is 5.48 Å². The van der Waals surface area contributed by atoms with Crippen LogP contribution in [0.1, 0.15) is 33.1 Å². The van der Waals surface area contributed by atoms with Gasteiger partial charge in [-0.25, -0.2) is 0 Å². The molecule has 13 heavy (non-hydrogen) atoms. The number of hydrogen-bond acceptors (Lipinski definition) is 3. The maximum Gasteiger partial charge on any atom is 0.0763 e. The molecule has 0 unspecified atom stereocenters. The molecule has 2 N–H and O–H groups in total. The van der Waals surface area contributed by atoms with E-state index in [4.69, 9.17) is 0 Å². The molecule has 0 aliphatic heterocycles. The van der Waals surface area contributed by atoms with Crippen molar-refractivity contribution in [1.82, 2.24) is 5.48 Å². The first-order valence-electron chi connectivity index (χ1n) is 4.73. The molecule has 1 saturated carbocycles. The lowest BCUT2D eigenvalue weighted by Gasteiger charge is -2.43. The van der Waals surface area contributed by atoms with Crippen LogP contribution in [0, 0.1) is 11.1 Å². The van der Waals surface area contributed by atoms with Crippen LogP contribution in [0.4, 0.5) is 0 Å². The molecule has 0 aromatic carbocycles. The standard InChI is InChI=1S/C10H18NO2/c1-7(2)8-4-5-10(3,12)9(6-8)11-13/h8-9,11-12H,1,4-6H2,2-3H3/q-1/t8-,9+,10+/m1/s1. The summed E-state index contributed by atoms with van der Waals surface area (Å²) in [6, 6.07) is -0.344. The predicted octanol–water partition coefficient (Wildman–Crippen LogP) is 1.57. The molecule has 3 heteroatoms. The van der Waals surface area contributed by atoms with Crippen LogP contribution in [0.25, 0.3) is 0 Å². The van der Waals surface area contributed by atoms with Gasteiger partial charge in [0, 0.05) is 6.04 Å². The fourth-order valence-corrected chi connectivity index (χ4v) is 1.92. The second kappa shape index (κ2) is 3.78. The monoisotopic (exact) mass is 184 g/mol. The number of nitrogens with one attached hydrogen (secondary N) is 1. The molecule has 3 nitrogen and oxygen atoms in total. The summed E-state index contributed by atoms with van der Waals surface area (Å²) >= 11 is 0. The summed E-state index contributed by atoms with van der Waals surface area (Å²) in [5.74, 6) is 0.381.